The lowest BCUT2D eigenvalue weighted by molar-refractivity contribution is -0.385. The van der Waals surface area contributed by atoms with Gasteiger partial charge in [0.2, 0.25) is 0 Å². The molecule has 0 spiro atoms. The van der Waals surface area contributed by atoms with Crippen LogP contribution in [0.15, 0.2) is 18.2 Å². The zero-order chi connectivity index (χ0) is 14.4. The van der Waals surface area contributed by atoms with Gasteiger partial charge in [-0.3, -0.25) is 14.9 Å². The minimum Gasteiger partial charge on any atom is -0.383 e. The molecule has 6 nitrogen and oxygen atoms in total. The molecule has 1 aromatic carbocycles. The number of methoxy groups -OCH3 is 1. The van der Waals surface area contributed by atoms with E-state index in [-0.39, 0.29) is 16.1 Å². The predicted molar refractivity (Wildman–Crippen MR) is 74.8 cm³/mol. The van der Waals surface area contributed by atoms with Crippen LogP contribution in [0, 0.1) is 17.0 Å². The van der Waals surface area contributed by atoms with Crippen LogP contribution in [0.3, 0.4) is 0 Å². The van der Waals surface area contributed by atoms with E-state index >= 15 is 0 Å². The van der Waals surface area contributed by atoms with Crippen LogP contribution in [0.5, 0.6) is 0 Å². The van der Waals surface area contributed by atoms with Crippen LogP contribution in [0.1, 0.15) is 15.9 Å². The molecule has 0 aliphatic heterocycles. The molecule has 1 N–H and O–H groups in total. The van der Waals surface area contributed by atoms with Gasteiger partial charge in [-0.15, -0.1) is 0 Å². The number of benzene rings is 1. The van der Waals surface area contributed by atoms with E-state index in [1.54, 1.807) is 26.2 Å². The molecule has 1 atom stereocenters. The Kier molecular flexibility index (Phi) is 5.91. The Morgan fingerprint density at radius 2 is 2.26 bits per heavy atom. The molecule has 1 rings (SSSR count). The van der Waals surface area contributed by atoms with Crippen molar-refractivity contribution in [3.8, 4) is 0 Å². The van der Waals surface area contributed by atoms with Crippen LogP contribution in [0.4, 0.5) is 5.69 Å². The average molecular weight is 331 g/mol. The Balaban J connectivity index is 2.83. The molecular formula is C12H15BrN2O4. The first-order valence-corrected chi connectivity index (χ1v) is 6.54. The van der Waals surface area contributed by atoms with E-state index in [4.69, 9.17) is 4.74 Å². The van der Waals surface area contributed by atoms with Crippen molar-refractivity contribution in [3.05, 3.63) is 39.4 Å². The number of ether oxygens (including phenoxy) is 1. The van der Waals surface area contributed by atoms with Crippen LogP contribution in [0.25, 0.3) is 0 Å². The molecule has 0 radical (unpaired) electrons. The van der Waals surface area contributed by atoms with Gasteiger partial charge in [0.15, 0.2) is 0 Å². The lowest BCUT2D eigenvalue weighted by atomic mass is 10.1. The van der Waals surface area contributed by atoms with Crippen LogP contribution in [-0.4, -0.2) is 35.9 Å². The maximum atomic E-state index is 12.0. The van der Waals surface area contributed by atoms with Gasteiger partial charge in [0.1, 0.15) is 5.56 Å². The standard InChI is InChI=1S/C12H15BrN2O4/c1-8-4-3-5-10(11(8)15(17)18)12(16)14-6-9(13)7-19-2/h3-5,9H,6-7H2,1-2H3,(H,14,16). The SMILES string of the molecule is COCC(Br)CNC(=O)c1cccc(C)c1[N+](=O)[O-]. The minimum atomic E-state index is -0.537. The number of nitrogens with zero attached hydrogens (tertiary/aromatic N) is 1. The maximum absolute atomic E-state index is 12.0. The first-order chi connectivity index (χ1) is 8.97. The number of alkyl halides is 1. The lowest BCUT2D eigenvalue weighted by Crippen LogP contribution is -2.31. The van der Waals surface area contributed by atoms with Gasteiger partial charge >= 0.3 is 0 Å². The Hall–Kier alpha value is -1.47. The second-order valence-corrected chi connectivity index (χ2v) is 5.29. The number of rotatable bonds is 6. The van der Waals surface area contributed by atoms with E-state index in [9.17, 15) is 14.9 Å². The molecule has 1 unspecified atom stereocenters. The van der Waals surface area contributed by atoms with E-state index in [0.29, 0.717) is 18.7 Å². The number of carbonyl (C=O) groups is 1. The molecule has 0 aromatic heterocycles. The van der Waals surface area contributed by atoms with E-state index in [2.05, 4.69) is 21.2 Å². The molecular weight excluding hydrogens is 316 g/mol. The van der Waals surface area contributed by atoms with Gasteiger partial charge in [0, 0.05) is 19.2 Å². The summed E-state index contributed by atoms with van der Waals surface area (Å²) >= 11 is 3.33. The maximum Gasteiger partial charge on any atom is 0.285 e. The van der Waals surface area contributed by atoms with Crippen LogP contribution in [-0.2, 0) is 4.74 Å². The fraction of sp³-hybridized carbons (Fsp3) is 0.417. The summed E-state index contributed by atoms with van der Waals surface area (Å²) in [7, 11) is 1.56. The van der Waals surface area contributed by atoms with Crippen molar-refractivity contribution in [1.82, 2.24) is 5.32 Å². The number of halogens is 1. The first-order valence-electron chi connectivity index (χ1n) is 5.62. The number of nitro benzene ring substituents is 1. The number of nitro groups is 1. The summed E-state index contributed by atoms with van der Waals surface area (Å²) < 4.78 is 4.92. The van der Waals surface area contributed by atoms with Crippen molar-refractivity contribution >= 4 is 27.5 Å². The Bertz CT molecular complexity index is 479. The van der Waals surface area contributed by atoms with Crippen molar-refractivity contribution in [1.29, 1.82) is 0 Å². The monoisotopic (exact) mass is 330 g/mol. The topological polar surface area (TPSA) is 81.5 Å². The lowest BCUT2D eigenvalue weighted by Gasteiger charge is -2.10. The molecule has 0 aliphatic rings. The third-order valence-corrected chi connectivity index (χ3v) is 3.08. The van der Waals surface area contributed by atoms with Crippen molar-refractivity contribution < 1.29 is 14.5 Å². The number of aryl methyl sites for hydroxylation is 1. The number of hydrogen-bond acceptors (Lipinski definition) is 4. The summed E-state index contributed by atoms with van der Waals surface area (Å²) in [5, 5.41) is 13.6. The van der Waals surface area contributed by atoms with Gasteiger partial charge in [-0.1, -0.05) is 28.1 Å². The summed E-state index contributed by atoms with van der Waals surface area (Å²) in [6.45, 7) is 2.38. The predicted octanol–water partition coefficient (Wildman–Crippen LogP) is 2.04. The largest absolute Gasteiger partial charge is 0.383 e. The molecule has 7 heteroatoms. The number of hydrogen-bond donors (Lipinski definition) is 1. The summed E-state index contributed by atoms with van der Waals surface area (Å²) in [5.41, 5.74) is 0.380. The Morgan fingerprint density at radius 1 is 1.58 bits per heavy atom. The zero-order valence-corrected chi connectivity index (χ0v) is 12.3. The molecule has 19 heavy (non-hydrogen) atoms. The highest BCUT2D eigenvalue weighted by Gasteiger charge is 2.22. The highest BCUT2D eigenvalue weighted by molar-refractivity contribution is 9.09. The zero-order valence-electron chi connectivity index (χ0n) is 10.7. The van der Waals surface area contributed by atoms with Crippen molar-refractivity contribution in [2.45, 2.75) is 11.8 Å². The summed E-state index contributed by atoms with van der Waals surface area (Å²) in [4.78, 5) is 22.4. The number of carbonyl (C=O) groups excluding carboxylic acids is 1. The first kappa shape index (κ1) is 15.6. The number of nitrogens with one attached hydrogen (secondary N) is 1. The fourth-order valence-electron chi connectivity index (χ4n) is 1.62. The van der Waals surface area contributed by atoms with E-state index < -0.39 is 10.8 Å². The molecule has 1 aromatic rings. The number of para-hydroxylation sites is 1. The quantitative estimate of drug-likeness (QED) is 0.491. The van der Waals surface area contributed by atoms with E-state index in [0.717, 1.165) is 0 Å². The fourth-order valence-corrected chi connectivity index (χ4v) is 2.05. The van der Waals surface area contributed by atoms with Gasteiger partial charge < -0.3 is 10.1 Å². The minimum absolute atomic E-state index is 0.0367. The second kappa shape index (κ2) is 7.20. The molecule has 0 saturated heterocycles. The van der Waals surface area contributed by atoms with Crippen molar-refractivity contribution in [3.63, 3.8) is 0 Å². The van der Waals surface area contributed by atoms with Crippen LogP contribution in [0.2, 0.25) is 0 Å². The van der Waals surface area contributed by atoms with Gasteiger partial charge in [-0.25, -0.2) is 0 Å². The smallest absolute Gasteiger partial charge is 0.285 e. The summed E-state index contributed by atoms with van der Waals surface area (Å²) in [6, 6.07) is 4.67. The molecule has 0 aliphatic carbocycles. The molecule has 0 saturated carbocycles. The van der Waals surface area contributed by atoms with E-state index in [1.165, 1.54) is 6.07 Å². The second-order valence-electron chi connectivity index (χ2n) is 3.99. The van der Waals surface area contributed by atoms with Gasteiger partial charge in [-0.2, -0.15) is 0 Å². The average Bonchev–Trinajstić information content (AvgIpc) is 2.35. The normalized spacial score (nSPS) is 11.9. The highest BCUT2D eigenvalue weighted by Crippen LogP contribution is 2.22. The summed E-state index contributed by atoms with van der Waals surface area (Å²) in [6.07, 6.45) is 0. The third kappa shape index (κ3) is 4.29. The molecule has 104 valence electrons. The van der Waals surface area contributed by atoms with E-state index in [1.807, 2.05) is 0 Å². The van der Waals surface area contributed by atoms with Gasteiger partial charge in [0.05, 0.1) is 16.4 Å². The third-order valence-electron chi connectivity index (χ3n) is 2.50. The van der Waals surface area contributed by atoms with Gasteiger partial charge in [-0.05, 0) is 13.0 Å². The molecule has 0 bridgehead atoms. The van der Waals surface area contributed by atoms with Crippen molar-refractivity contribution in [2.24, 2.45) is 0 Å². The Morgan fingerprint density at radius 3 is 2.84 bits per heavy atom. The Labute approximate surface area is 119 Å². The molecule has 0 fully saturated rings. The summed E-state index contributed by atoms with van der Waals surface area (Å²) in [5.74, 6) is -0.462. The van der Waals surface area contributed by atoms with Gasteiger partial charge in [0.25, 0.3) is 11.6 Å². The highest BCUT2D eigenvalue weighted by atomic mass is 79.9. The number of amides is 1. The van der Waals surface area contributed by atoms with Crippen LogP contribution >= 0.6 is 15.9 Å². The van der Waals surface area contributed by atoms with Crippen LogP contribution < -0.4 is 5.32 Å². The molecule has 1 amide bonds. The van der Waals surface area contributed by atoms with Crippen molar-refractivity contribution in [2.75, 3.05) is 20.3 Å². The molecule has 0 heterocycles.